The Balaban J connectivity index is 2.81. The molecule has 0 heterocycles. The first-order valence-electron chi connectivity index (χ1n) is 7.52. The molecular formula is C15H23ClN3O6S+. The van der Waals surface area contributed by atoms with Gasteiger partial charge < -0.3 is 14.0 Å². The number of benzene rings is 1. The zero-order valence-electron chi connectivity index (χ0n) is 15.0. The van der Waals surface area contributed by atoms with Crippen LogP contribution in [0.25, 0.3) is 0 Å². The average molecular weight is 409 g/mol. The van der Waals surface area contributed by atoms with E-state index in [1.165, 1.54) is 25.3 Å². The minimum atomic E-state index is -4.33. The lowest BCUT2D eigenvalue weighted by Crippen LogP contribution is -2.46. The largest absolute Gasteiger partial charge is 0.465 e. The zero-order valence-corrected chi connectivity index (χ0v) is 16.6. The van der Waals surface area contributed by atoms with Crippen molar-refractivity contribution in [2.75, 3.05) is 45.4 Å². The lowest BCUT2D eigenvalue weighted by Gasteiger charge is -2.27. The van der Waals surface area contributed by atoms with E-state index in [9.17, 15) is 18.0 Å². The van der Waals surface area contributed by atoms with Gasteiger partial charge in [0.25, 0.3) is 0 Å². The maximum atomic E-state index is 12.1. The van der Waals surface area contributed by atoms with Crippen molar-refractivity contribution in [2.24, 2.45) is 0 Å². The third-order valence-electron chi connectivity index (χ3n) is 2.99. The summed E-state index contributed by atoms with van der Waals surface area (Å²) in [4.78, 5) is 23.5. The summed E-state index contributed by atoms with van der Waals surface area (Å²) in [5, 5.41) is 0. The topological polar surface area (TPSA) is 111 Å². The number of halogens is 1. The standard InChI is InChI=1S/C15H22ClN3O6S/c1-19(2,3)10-11(9-16)25-15(21)18-26(22,23)17-13-8-6-5-7-12(13)14(20)24-4/h5-8,11H,9-10H2,1-4H3,(H-,17,18,20,21)/p+1/t11-/m1/s1. The maximum absolute atomic E-state index is 12.1. The van der Waals surface area contributed by atoms with Crippen LogP contribution in [-0.4, -0.2) is 71.7 Å². The first-order chi connectivity index (χ1) is 12.0. The summed E-state index contributed by atoms with van der Waals surface area (Å²) in [6, 6.07) is 5.80. The van der Waals surface area contributed by atoms with E-state index in [4.69, 9.17) is 16.3 Å². The molecule has 1 aromatic carbocycles. The Labute approximate surface area is 158 Å². The summed E-state index contributed by atoms with van der Waals surface area (Å²) in [5.74, 6) is -0.710. The second kappa shape index (κ2) is 9.06. The van der Waals surface area contributed by atoms with E-state index in [0.717, 1.165) is 0 Å². The number of anilines is 1. The maximum Gasteiger partial charge on any atom is 0.422 e. The van der Waals surface area contributed by atoms with Crippen molar-refractivity contribution in [3.05, 3.63) is 29.8 Å². The lowest BCUT2D eigenvalue weighted by molar-refractivity contribution is -0.873. The SMILES string of the molecule is COC(=O)c1ccccc1NS(=O)(=O)NC(=O)O[C@H](CCl)C[N+](C)(C)C. The van der Waals surface area contributed by atoms with Crippen LogP contribution in [0.5, 0.6) is 0 Å². The van der Waals surface area contributed by atoms with Gasteiger partial charge in [0.05, 0.1) is 45.4 Å². The first kappa shape index (κ1) is 22.0. The van der Waals surface area contributed by atoms with Crippen LogP contribution in [0, 0.1) is 0 Å². The van der Waals surface area contributed by atoms with E-state index in [-0.39, 0.29) is 17.1 Å². The molecule has 0 radical (unpaired) electrons. The van der Waals surface area contributed by atoms with Gasteiger partial charge in [-0.1, -0.05) is 12.1 Å². The van der Waals surface area contributed by atoms with Gasteiger partial charge in [0.15, 0.2) is 6.10 Å². The highest BCUT2D eigenvalue weighted by Gasteiger charge is 2.24. The van der Waals surface area contributed by atoms with Crippen LogP contribution < -0.4 is 9.44 Å². The molecule has 0 bridgehead atoms. The minimum Gasteiger partial charge on any atom is -0.465 e. The highest BCUT2D eigenvalue weighted by Crippen LogP contribution is 2.17. The number of methoxy groups -OCH3 is 1. The normalized spacial score (nSPS) is 12.8. The number of nitrogens with zero attached hydrogens (tertiary/aromatic N) is 1. The highest BCUT2D eigenvalue weighted by molar-refractivity contribution is 7.91. The molecule has 1 amide bonds. The van der Waals surface area contributed by atoms with Crippen molar-refractivity contribution in [1.29, 1.82) is 0 Å². The fraction of sp³-hybridized carbons (Fsp3) is 0.467. The van der Waals surface area contributed by atoms with Gasteiger partial charge in [-0.25, -0.2) is 14.3 Å². The number of hydrogen-bond acceptors (Lipinski definition) is 6. The molecule has 1 aromatic rings. The summed E-state index contributed by atoms with van der Waals surface area (Å²) < 4.78 is 38.1. The molecule has 0 aliphatic carbocycles. The molecule has 146 valence electrons. The molecule has 0 unspecified atom stereocenters. The molecule has 9 nitrogen and oxygen atoms in total. The predicted molar refractivity (Wildman–Crippen MR) is 97.3 cm³/mol. The lowest BCUT2D eigenvalue weighted by atomic mass is 10.2. The van der Waals surface area contributed by atoms with Crippen LogP contribution in [0.3, 0.4) is 0 Å². The smallest absolute Gasteiger partial charge is 0.422 e. The van der Waals surface area contributed by atoms with Gasteiger partial charge in [0.2, 0.25) is 0 Å². The molecule has 2 N–H and O–H groups in total. The summed E-state index contributed by atoms with van der Waals surface area (Å²) in [6.45, 7) is 0.398. The van der Waals surface area contributed by atoms with Crippen molar-refractivity contribution in [3.63, 3.8) is 0 Å². The Bertz CT molecular complexity index is 748. The van der Waals surface area contributed by atoms with E-state index in [0.29, 0.717) is 11.0 Å². The Morgan fingerprint density at radius 2 is 1.85 bits per heavy atom. The Morgan fingerprint density at radius 1 is 1.23 bits per heavy atom. The van der Waals surface area contributed by atoms with E-state index in [1.807, 2.05) is 21.1 Å². The van der Waals surface area contributed by atoms with E-state index in [2.05, 4.69) is 9.46 Å². The van der Waals surface area contributed by atoms with E-state index in [1.54, 1.807) is 10.8 Å². The van der Waals surface area contributed by atoms with Gasteiger partial charge in [-0.3, -0.25) is 4.72 Å². The highest BCUT2D eigenvalue weighted by atomic mass is 35.5. The monoisotopic (exact) mass is 408 g/mol. The molecule has 0 aromatic heterocycles. The minimum absolute atomic E-state index is 0.00240. The number of alkyl halides is 1. The van der Waals surface area contributed by atoms with Gasteiger partial charge in [-0.05, 0) is 12.1 Å². The molecule has 0 fully saturated rings. The number of carbonyl (C=O) groups excluding carboxylic acids is 2. The van der Waals surface area contributed by atoms with Crippen LogP contribution in [0.1, 0.15) is 10.4 Å². The van der Waals surface area contributed by atoms with Crippen LogP contribution in [0.15, 0.2) is 24.3 Å². The Morgan fingerprint density at radius 3 is 2.38 bits per heavy atom. The molecule has 26 heavy (non-hydrogen) atoms. The number of nitrogens with one attached hydrogen (secondary N) is 2. The van der Waals surface area contributed by atoms with Crippen molar-refractivity contribution in [1.82, 2.24) is 4.72 Å². The van der Waals surface area contributed by atoms with Crippen LogP contribution in [0.2, 0.25) is 0 Å². The third-order valence-corrected chi connectivity index (χ3v) is 4.26. The number of para-hydroxylation sites is 1. The molecule has 1 rings (SSSR count). The summed E-state index contributed by atoms with van der Waals surface area (Å²) in [7, 11) is 2.48. The van der Waals surface area contributed by atoms with Gasteiger partial charge in [0, 0.05) is 0 Å². The fourth-order valence-corrected chi connectivity index (χ4v) is 2.99. The number of hydrogen-bond donors (Lipinski definition) is 2. The number of carbonyl (C=O) groups is 2. The quantitative estimate of drug-likeness (QED) is 0.379. The molecule has 0 aliphatic rings. The molecule has 0 aliphatic heterocycles. The van der Waals surface area contributed by atoms with E-state index >= 15 is 0 Å². The molecule has 0 saturated heterocycles. The number of quaternary nitrogens is 1. The number of rotatable bonds is 8. The number of ether oxygens (including phenoxy) is 2. The molecule has 0 spiro atoms. The fourth-order valence-electron chi connectivity index (χ4n) is 2.04. The molecule has 11 heteroatoms. The third kappa shape index (κ3) is 7.46. The van der Waals surface area contributed by atoms with Crippen molar-refractivity contribution < 1.29 is 32.0 Å². The molecular weight excluding hydrogens is 386 g/mol. The van der Waals surface area contributed by atoms with Gasteiger partial charge in [0.1, 0.15) is 6.54 Å². The second-order valence-corrected chi connectivity index (χ2v) is 8.12. The predicted octanol–water partition coefficient (Wildman–Crippen LogP) is 1.17. The van der Waals surface area contributed by atoms with Crippen molar-refractivity contribution in [2.45, 2.75) is 6.10 Å². The van der Waals surface area contributed by atoms with Crippen LogP contribution in [-0.2, 0) is 19.7 Å². The van der Waals surface area contributed by atoms with Gasteiger partial charge in [-0.15, -0.1) is 11.6 Å². The number of likely N-dealkylation sites (N-methyl/N-ethyl adjacent to an activating group) is 1. The molecule has 1 atom stereocenters. The van der Waals surface area contributed by atoms with Crippen molar-refractivity contribution >= 4 is 39.6 Å². The average Bonchev–Trinajstić information content (AvgIpc) is 2.51. The van der Waals surface area contributed by atoms with E-state index < -0.39 is 28.4 Å². The Kier molecular flexibility index (Phi) is 7.67. The van der Waals surface area contributed by atoms with Crippen LogP contribution in [0.4, 0.5) is 10.5 Å². The van der Waals surface area contributed by atoms with Crippen molar-refractivity contribution in [3.8, 4) is 0 Å². The second-order valence-electron chi connectivity index (χ2n) is 6.40. The first-order valence-corrected chi connectivity index (χ1v) is 9.54. The van der Waals surface area contributed by atoms with Gasteiger partial charge >= 0.3 is 22.3 Å². The zero-order chi connectivity index (χ0) is 20.0. The van der Waals surface area contributed by atoms with Gasteiger partial charge in [-0.2, -0.15) is 8.42 Å². The molecule has 0 saturated carbocycles. The summed E-state index contributed by atoms with van der Waals surface area (Å²) in [6.07, 6.45) is -1.85. The van der Waals surface area contributed by atoms with Crippen LogP contribution >= 0.6 is 11.6 Å². The Hall–Kier alpha value is -2.04. The summed E-state index contributed by atoms with van der Waals surface area (Å²) in [5.41, 5.74) is -0.0442. The number of esters is 1. The number of amides is 1. The summed E-state index contributed by atoms with van der Waals surface area (Å²) >= 11 is 5.76.